The molecule has 1 aliphatic heterocycles. The highest BCUT2D eigenvalue weighted by molar-refractivity contribution is 14.1. The number of nitro benzene ring substituents is 1. The van der Waals surface area contributed by atoms with E-state index in [-0.39, 0.29) is 10.2 Å². The maximum absolute atomic E-state index is 12.6. The van der Waals surface area contributed by atoms with Crippen molar-refractivity contribution in [2.75, 3.05) is 13.2 Å². The lowest BCUT2D eigenvalue weighted by Crippen LogP contribution is -2.45. The van der Waals surface area contributed by atoms with Crippen LogP contribution >= 0.6 is 34.8 Å². The molecule has 0 fully saturated rings. The summed E-state index contributed by atoms with van der Waals surface area (Å²) < 4.78 is 11.2. The second kappa shape index (κ2) is 12.4. The minimum absolute atomic E-state index is 0.197. The fourth-order valence-electron chi connectivity index (χ4n) is 3.43. The predicted octanol–water partition coefficient (Wildman–Crippen LogP) is 2.79. The number of amides is 1. The van der Waals surface area contributed by atoms with Crippen molar-refractivity contribution in [2.45, 2.75) is 19.9 Å². The average Bonchev–Trinajstić information content (AvgIpc) is 2.84. The summed E-state index contributed by atoms with van der Waals surface area (Å²) >= 11 is 7.01. The Morgan fingerprint density at radius 3 is 2.78 bits per heavy atom. The van der Waals surface area contributed by atoms with Gasteiger partial charge in [-0.05, 0) is 60.8 Å². The molecule has 1 heterocycles. The maximum Gasteiger partial charge on any atom is 0.338 e. The second-order valence-corrected chi connectivity index (χ2v) is 9.11. The third-order valence-corrected chi connectivity index (χ3v) is 6.06. The van der Waals surface area contributed by atoms with Gasteiger partial charge < -0.3 is 25.2 Å². The van der Waals surface area contributed by atoms with Crippen molar-refractivity contribution in [2.24, 2.45) is 5.10 Å². The molecule has 0 aliphatic carbocycles. The first-order valence-corrected chi connectivity index (χ1v) is 12.3. The number of phenols is 1. The van der Waals surface area contributed by atoms with Gasteiger partial charge >= 0.3 is 11.7 Å². The van der Waals surface area contributed by atoms with Gasteiger partial charge in [0.15, 0.2) is 11.7 Å². The van der Waals surface area contributed by atoms with E-state index in [0.717, 1.165) is 6.07 Å². The first-order chi connectivity index (χ1) is 17.6. The van der Waals surface area contributed by atoms with E-state index in [4.69, 9.17) is 21.7 Å². The van der Waals surface area contributed by atoms with Crippen molar-refractivity contribution in [3.63, 3.8) is 0 Å². The van der Waals surface area contributed by atoms with Crippen LogP contribution in [0.3, 0.4) is 0 Å². The summed E-state index contributed by atoms with van der Waals surface area (Å²) in [6.45, 7) is 3.21. The standard InChI is InChI=1S/C23H22IN5O7S/c1-3-35-22(32)19-12(2)26-23(37)27-20(19)14-6-4-5-7-17(14)36-11-18(30)28-25-10-13-8-15(24)21(31)16(9-13)29(33)34/h4-10,20,31H,3,11H2,1-2H3,(H,28,30)(H2,26,27,37)/t20-/m0/s1. The van der Waals surface area contributed by atoms with E-state index < -0.39 is 40.9 Å². The molecule has 1 amide bonds. The number of para-hydroxylation sites is 1. The average molecular weight is 639 g/mol. The van der Waals surface area contributed by atoms with Crippen LogP contribution in [-0.4, -0.2) is 46.4 Å². The maximum atomic E-state index is 12.6. The Morgan fingerprint density at radius 1 is 1.35 bits per heavy atom. The number of nitrogens with one attached hydrogen (secondary N) is 3. The van der Waals surface area contributed by atoms with Crippen LogP contribution in [0.4, 0.5) is 5.69 Å². The summed E-state index contributed by atoms with van der Waals surface area (Å²) in [7, 11) is 0. The zero-order valence-corrected chi connectivity index (χ0v) is 22.6. The van der Waals surface area contributed by atoms with E-state index >= 15 is 0 Å². The number of rotatable bonds is 9. The number of nitro groups is 1. The van der Waals surface area contributed by atoms with Crippen LogP contribution in [0.25, 0.3) is 0 Å². The fraction of sp³-hybridized carbons (Fsp3) is 0.217. The third-order valence-electron chi connectivity index (χ3n) is 5.02. The van der Waals surface area contributed by atoms with Crippen molar-refractivity contribution in [1.29, 1.82) is 0 Å². The van der Waals surface area contributed by atoms with Crippen molar-refractivity contribution >= 4 is 63.7 Å². The van der Waals surface area contributed by atoms with Crippen molar-refractivity contribution in [3.05, 3.63) is 72.5 Å². The number of hydrogen-bond acceptors (Lipinski definition) is 9. The van der Waals surface area contributed by atoms with E-state index in [0.29, 0.717) is 33.3 Å². The SMILES string of the molecule is CCOC(=O)C1=C(C)NC(=S)N[C@H]1c1ccccc1OCC(=O)NN=Cc1cc(I)c(O)c([N+](=O)[O-])c1. The molecule has 1 atom stereocenters. The van der Waals surface area contributed by atoms with Gasteiger partial charge in [-0.3, -0.25) is 14.9 Å². The zero-order valence-electron chi connectivity index (χ0n) is 19.6. The van der Waals surface area contributed by atoms with Gasteiger partial charge in [-0.1, -0.05) is 18.2 Å². The number of benzene rings is 2. The summed E-state index contributed by atoms with van der Waals surface area (Å²) in [6.07, 6.45) is 1.21. The number of hydrazone groups is 1. The van der Waals surface area contributed by atoms with Gasteiger partial charge in [0.05, 0.1) is 32.9 Å². The van der Waals surface area contributed by atoms with Crippen LogP contribution < -0.4 is 20.8 Å². The number of aromatic hydroxyl groups is 1. The molecule has 14 heteroatoms. The summed E-state index contributed by atoms with van der Waals surface area (Å²) in [5.74, 6) is -1.22. The minimum atomic E-state index is -0.716. The van der Waals surface area contributed by atoms with Crippen LogP contribution in [0.5, 0.6) is 11.5 Å². The Labute approximate surface area is 230 Å². The molecule has 3 rings (SSSR count). The molecule has 12 nitrogen and oxygen atoms in total. The smallest absolute Gasteiger partial charge is 0.338 e. The molecule has 4 N–H and O–H groups in total. The molecule has 0 saturated heterocycles. The third kappa shape index (κ3) is 6.91. The predicted molar refractivity (Wildman–Crippen MR) is 146 cm³/mol. The number of thiocarbonyl (C=S) groups is 1. The Kier molecular flexibility index (Phi) is 9.35. The highest BCUT2D eigenvalue weighted by Crippen LogP contribution is 2.34. The van der Waals surface area contributed by atoms with Gasteiger partial charge in [-0.25, -0.2) is 10.2 Å². The van der Waals surface area contributed by atoms with Crippen LogP contribution in [-0.2, 0) is 14.3 Å². The first kappa shape index (κ1) is 27.8. The Bertz CT molecular complexity index is 1310. The number of ether oxygens (including phenoxy) is 2. The van der Waals surface area contributed by atoms with Gasteiger partial charge in [0.25, 0.3) is 5.91 Å². The lowest BCUT2D eigenvalue weighted by Gasteiger charge is -2.30. The Morgan fingerprint density at radius 2 is 2.08 bits per heavy atom. The quantitative estimate of drug-likeness (QED) is 0.0801. The minimum Gasteiger partial charge on any atom is -0.501 e. The van der Waals surface area contributed by atoms with E-state index in [9.17, 15) is 24.8 Å². The number of esters is 1. The largest absolute Gasteiger partial charge is 0.501 e. The van der Waals surface area contributed by atoms with Gasteiger partial charge in [0.2, 0.25) is 5.75 Å². The van der Waals surface area contributed by atoms with E-state index in [1.807, 2.05) is 0 Å². The van der Waals surface area contributed by atoms with E-state index in [1.54, 1.807) is 60.7 Å². The van der Waals surface area contributed by atoms with Crippen molar-refractivity contribution in [1.82, 2.24) is 16.1 Å². The molecule has 37 heavy (non-hydrogen) atoms. The molecular weight excluding hydrogens is 617 g/mol. The molecule has 0 bridgehead atoms. The number of halogens is 1. The van der Waals surface area contributed by atoms with Crippen molar-refractivity contribution in [3.8, 4) is 11.5 Å². The molecular formula is C23H22IN5O7S. The summed E-state index contributed by atoms with van der Waals surface area (Å²) in [4.78, 5) is 35.3. The molecule has 194 valence electrons. The van der Waals surface area contributed by atoms with Crippen LogP contribution in [0.1, 0.15) is 31.0 Å². The van der Waals surface area contributed by atoms with Crippen LogP contribution in [0.2, 0.25) is 0 Å². The van der Waals surface area contributed by atoms with E-state index in [1.165, 1.54) is 12.3 Å². The van der Waals surface area contributed by atoms with E-state index in [2.05, 4.69) is 21.2 Å². The van der Waals surface area contributed by atoms with Gasteiger partial charge in [0.1, 0.15) is 5.75 Å². The number of nitrogens with zero attached hydrogens (tertiary/aromatic N) is 2. The molecule has 0 radical (unpaired) electrons. The topological polar surface area (TPSA) is 164 Å². The van der Waals surface area contributed by atoms with Gasteiger partial charge in [-0.2, -0.15) is 5.10 Å². The van der Waals surface area contributed by atoms with Crippen LogP contribution in [0.15, 0.2) is 52.8 Å². The first-order valence-electron chi connectivity index (χ1n) is 10.8. The normalized spacial score (nSPS) is 15.1. The molecule has 2 aromatic carbocycles. The molecule has 0 aromatic heterocycles. The van der Waals surface area contributed by atoms with Gasteiger partial charge in [0, 0.05) is 22.9 Å². The molecule has 0 unspecified atom stereocenters. The number of carbonyl (C=O) groups is 2. The summed E-state index contributed by atoms with van der Waals surface area (Å²) in [6, 6.07) is 8.80. The fourth-order valence-corrected chi connectivity index (χ4v) is 4.34. The zero-order chi connectivity index (χ0) is 27.1. The molecule has 2 aromatic rings. The highest BCUT2D eigenvalue weighted by Gasteiger charge is 2.32. The Hall–Kier alpha value is -3.79. The van der Waals surface area contributed by atoms with Crippen molar-refractivity contribution < 1.29 is 29.1 Å². The highest BCUT2D eigenvalue weighted by atomic mass is 127. The number of hydrogen-bond donors (Lipinski definition) is 4. The molecule has 0 spiro atoms. The lowest BCUT2D eigenvalue weighted by molar-refractivity contribution is -0.386. The molecule has 0 saturated carbocycles. The number of phenolic OH excluding ortho intramolecular Hbond substituents is 1. The summed E-state index contributed by atoms with van der Waals surface area (Å²) in [5, 5.41) is 30.9. The monoisotopic (exact) mass is 639 g/mol. The summed E-state index contributed by atoms with van der Waals surface area (Å²) in [5.41, 5.74) is 3.55. The van der Waals surface area contributed by atoms with Gasteiger partial charge in [-0.15, -0.1) is 0 Å². The Balaban J connectivity index is 1.72. The molecule has 1 aliphatic rings. The number of allylic oxidation sites excluding steroid dienone is 1. The second-order valence-electron chi connectivity index (χ2n) is 7.54. The van der Waals surface area contributed by atoms with Crippen LogP contribution in [0, 0.1) is 13.7 Å². The number of carbonyl (C=O) groups excluding carboxylic acids is 2. The lowest BCUT2D eigenvalue weighted by atomic mass is 9.95.